The first-order chi connectivity index (χ1) is 37.0. The molecule has 0 spiro atoms. The average molecular weight is 1050 g/mol. The summed E-state index contributed by atoms with van der Waals surface area (Å²) in [5.41, 5.74) is 0. The standard InChI is InChI=1S/C69H124O6/c1-4-7-10-13-16-19-22-25-27-28-29-30-31-32-33-34-35-36-37-38-39-40-41-42-43-45-47-50-53-56-59-62-68(71)74-65-66(64-73-67(70)61-58-55-52-49-46-24-21-18-15-12-9-6-3)75-69(72)63-60-57-54-51-48-44-26-23-20-17-14-11-8-5-2/h7,10,16,19,25,27,29-30,32-33,66H,4-6,8-9,11-15,17-18,20-24,26,28,31,34-65H2,1-3H3/b10-7-,19-16-,27-25-,30-29-,33-32-. The van der Waals surface area contributed by atoms with E-state index in [1.54, 1.807) is 0 Å². The van der Waals surface area contributed by atoms with Crippen molar-refractivity contribution in [3.8, 4) is 0 Å². The van der Waals surface area contributed by atoms with Gasteiger partial charge in [0.15, 0.2) is 6.10 Å². The molecule has 0 aliphatic rings. The lowest BCUT2D eigenvalue weighted by molar-refractivity contribution is -0.167. The van der Waals surface area contributed by atoms with Gasteiger partial charge in [-0.2, -0.15) is 0 Å². The third-order valence-electron chi connectivity index (χ3n) is 14.5. The summed E-state index contributed by atoms with van der Waals surface area (Å²) in [6, 6.07) is 0. The highest BCUT2D eigenvalue weighted by Crippen LogP contribution is 2.18. The first kappa shape index (κ1) is 72.1. The molecule has 436 valence electrons. The fourth-order valence-electron chi connectivity index (χ4n) is 9.65. The van der Waals surface area contributed by atoms with Crippen molar-refractivity contribution in [1.82, 2.24) is 0 Å². The van der Waals surface area contributed by atoms with Crippen LogP contribution in [-0.4, -0.2) is 37.2 Å². The lowest BCUT2D eigenvalue weighted by atomic mass is 10.0. The van der Waals surface area contributed by atoms with Gasteiger partial charge in [0.2, 0.25) is 0 Å². The van der Waals surface area contributed by atoms with Gasteiger partial charge < -0.3 is 14.2 Å². The van der Waals surface area contributed by atoms with Gasteiger partial charge >= 0.3 is 17.9 Å². The molecule has 0 aromatic heterocycles. The zero-order valence-electron chi connectivity index (χ0n) is 50.1. The van der Waals surface area contributed by atoms with Crippen LogP contribution in [0.4, 0.5) is 0 Å². The highest BCUT2D eigenvalue weighted by molar-refractivity contribution is 5.71. The maximum atomic E-state index is 12.9. The van der Waals surface area contributed by atoms with E-state index in [1.165, 1.54) is 212 Å². The highest BCUT2D eigenvalue weighted by atomic mass is 16.6. The van der Waals surface area contributed by atoms with E-state index in [2.05, 4.69) is 81.5 Å². The van der Waals surface area contributed by atoms with Crippen LogP contribution in [0.5, 0.6) is 0 Å². The summed E-state index contributed by atoms with van der Waals surface area (Å²) in [4.78, 5) is 38.2. The van der Waals surface area contributed by atoms with Crippen LogP contribution in [0.1, 0.15) is 342 Å². The number of rotatable bonds is 60. The molecule has 0 saturated carbocycles. The molecule has 0 bridgehead atoms. The molecule has 0 aromatic carbocycles. The third kappa shape index (κ3) is 61.8. The Hall–Kier alpha value is -2.89. The Morgan fingerprint density at radius 3 is 0.813 bits per heavy atom. The van der Waals surface area contributed by atoms with Crippen molar-refractivity contribution < 1.29 is 28.6 Å². The molecule has 1 atom stereocenters. The second-order valence-electron chi connectivity index (χ2n) is 22.0. The predicted octanol–water partition coefficient (Wildman–Crippen LogP) is 22.3. The number of unbranched alkanes of at least 4 members (excludes halogenated alkanes) is 39. The maximum absolute atomic E-state index is 12.9. The summed E-state index contributed by atoms with van der Waals surface area (Å²) in [6.45, 7) is 6.57. The van der Waals surface area contributed by atoms with Gasteiger partial charge in [-0.05, 0) is 64.2 Å². The first-order valence-corrected chi connectivity index (χ1v) is 32.8. The second kappa shape index (κ2) is 63.6. The van der Waals surface area contributed by atoms with Crippen LogP contribution < -0.4 is 0 Å². The summed E-state index contributed by atoms with van der Waals surface area (Å²) in [5.74, 6) is -0.846. The van der Waals surface area contributed by atoms with Gasteiger partial charge in [-0.3, -0.25) is 14.4 Å². The van der Waals surface area contributed by atoms with Gasteiger partial charge in [-0.25, -0.2) is 0 Å². The number of carbonyl (C=O) groups is 3. The van der Waals surface area contributed by atoms with Crippen molar-refractivity contribution in [1.29, 1.82) is 0 Å². The van der Waals surface area contributed by atoms with Gasteiger partial charge in [0.25, 0.3) is 0 Å². The van der Waals surface area contributed by atoms with E-state index < -0.39 is 6.10 Å². The van der Waals surface area contributed by atoms with Crippen molar-refractivity contribution in [2.75, 3.05) is 13.2 Å². The Labute approximate surface area is 466 Å². The molecule has 0 amide bonds. The molecule has 1 unspecified atom stereocenters. The van der Waals surface area contributed by atoms with Crippen LogP contribution in [0.3, 0.4) is 0 Å². The second-order valence-corrected chi connectivity index (χ2v) is 22.0. The van der Waals surface area contributed by atoms with Crippen LogP contribution in [0.15, 0.2) is 60.8 Å². The molecule has 6 nitrogen and oxygen atoms in total. The van der Waals surface area contributed by atoms with Crippen LogP contribution in [0.25, 0.3) is 0 Å². The Morgan fingerprint density at radius 2 is 0.520 bits per heavy atom. The summed E-state index contributed by atoms with van der Waals surface area (Å²) in [5, 5.41) is 0. The molecule has 0 aliphatic carbocycles. The quantitative estimate of drug-likeness (QED) is 0.0261. The fraction of sp³-hybridized carbons (Fsp3) is 0.812. The topological polar surface area (TPSA) is 78.9 Å². The molecule has 0 radical (unpaired) electrons. The Balaban J connectivity index is 4.13. The number of carbonyl (C=O) groups excluding carboxylic acids is 3. The van der Waals surface area contributed by atoms with Crippen LogP contribution in [0.2, 0.25) is 0 Å². The van der Waals surface area contributed by atoms with Gasteiger partial charge in [-0.15, -0.1) is 0 Å². The number of hydrogen-bond donors (Lipinski definition) is 0. The minimum atomic E-state index is -0.768. The highest BCUT2D eigenvalue weighted by Gasteiger charge is 2.19. The van der Waals surface area contributed by atoms with Crippen LogP contribution >= 0.6 is 0 Å². The van der Waals surface area contributed by atoms with Crippen LogP contribution in [0, 0.1) is 0 Å². The molecule has 0 N–H and O–H groups in total. The van der Waals surface area contributed by atoms with Crippen molar-refractivity contribution in [3.63, 3.8) is 0 Å². The molecular weight excluding hydrogens is 925 g/mol. The minimum Gasteiger partial charge on any atom is -0.462 e. The number of hydrogen-bond acceptors (Lipinski definition) is 6. The molecule has 0 rings (SSSR count). The largest absolute Gasteiger partial charge is 0.462 e. The van der Waals surface area contributed by atoms with E-state index in [1.807, 2.05) is 0 Å². The molecule has 0 saturated heterocycles. The first-order valence-electron chi connectivity index (χ1n) is 32.8. The van der Waals surface area contributed by atoms with Crippen LogP contribution in [-0.2, 0) is 28.6 Å². The van der Waals surface area contributed by atoms with Gasteiger partial charge in [0, 0.05) is 19.3 Å². The predicted molar refractivity (Wildman–Crippen MR) is 325 cm³/mol. The molecular formula is C69H124O6. The molecule has 0 fully saturated rings. The number of ether oxygens (including phenoxy) is 3. The van der Waals surface area contributed by atoms with E-state index in [9.17, 15) is 14.4 Å². The summed E-state index contributed by atoms with van der Waals surface area (Å²) >= 11 is 0. The van der Waals surface area contributed by atoms with Gasteiger partial charge in [-0.1, -0.05) is 319 Å². The van der Waals surface area contributed by atoms with E-state index in [0.717, 1.165) is 89.9 Å². The number of esters is 3. The third-order valence-corrected chi connectivity index (χ3v) is 14.5. The normalized spacial score (nSPS) is 12.4. The SMILES string of the molecule is CC/C=C\C/C=C\C/C=C\C/C=C\C/C=C\CCCCCCCCCCCCCCCCCC(=O)OCC(COC(=O)CCCCCCCCCCCCCC)OC(=O)CCCCCCCCCCCCCCCC. The molecule has 6 heteroatoms. The van der Waals surface area contributed by atoms with E-state index in [4.69, 9.17) is 14.2 Å². The minimum absolute atomic E-state index is 0.0671. The Morgan fingerprint density at radius 1 is 0.280 bits per heavy atom. The summed E-state index contributed by atoms with van der Waals surface area (Å²) in [6.07, 6.45) is 81.0. The lowest BCUT2D eigenvalue weighted by Gasteiger charge is -2.18. The van der Waals surface area contributed by atoms with E-state index in [0.29, 0.717) is 19.3 Å². The van der Waals surface area contributed by atoms with E-state index >= 15 is 0 Å². The van der Waals surface area contributed by atoms with Crippen molar-refractivity contribution in [2.24, 2.45) is 0 Å². The molecule has 75 heavy (non-hydrogen) atoms. The lowest BCUT2D eigenvalue weighted by Crippen LogP contribution is -2.30. The molecule has 0 heterocycles. The zero-order valence-corrected chi connectivity index (χ0v) is 50.1. The molecule has 0 aliphatic heterocycles. The number of allylic oxidation sites excluding steroid dienone is 10. The monoisotopic (exact) mass is 1050 g/mol. The average Bonchev–Trinajstić information content (AvgIpc) is 3.41. The van der Waals surface area contributed by atoms with Crippen molar-refractivity contribution in [2.45, 2.75) is 348 Å². The maximum Gasteiger partial charge on any atom is 0.306 e. The smallest absolute Gasteiger partial charge is 0.306 e. The Bertz CT molecular complexity index is 1340. The zero-order chi connectivity index (χ0) is 54.3. The summed E-state index contributed by atoms with van der Waals surface area (Å²) < 4.78 is 16.9. The fourth-order valence-corrected chi connectivity index (χ4v) is 9.65. The van der Waals surface area contributed by atoms with Gasteiger partial charge in [0.05, 0.1) is 0 Å². The molecule has 0 aromatic rings. The van der Waals surface area contributed by atoms with E-state index in [-0.39, 0.29) is 31.1 Å². The van der Waals surface area contributed by atoms with Crippen molar-refractivity contribution >= 4 is 17.9 Å². The summed E-state index contributed by atoms with van der Waals surface area (Å²) in [7, 11) is 0. The Kier molecular flexibility index (Phi) is 61.2. The van der Waals surface area contributed by atoms with Gasteiger partial charge in [0.1, 0.15) is 13.2 Å². The van der Waals surface area contributed by atoms with Crippen molar-refractivity contribution in [3.05, 3.63) is 60.8 Å².